The molecule has 2 aromatic rings. The molecule has 4 N–H and O–H groups in total. The smallest absolute Gasteiger partial charge is 0.0909 e. The highest BCUT2D eigenvalue weighted by atomic mass is 16.5. The van der Waals surface area contributed by atoms with Crippen LogP contribution in [0.25, 0.3) is 10.8 Å². The molecule has 0 radical (unpaired) electrons. The maximum Gasteiger partial charge on any atom is 0.0909 e. The maximum absolute atomic E-state index is 8.89. The van der Waals surface area contributed by atoms with Crippen molar-refractivity contribution >= 4 is 22.1 Å². The van der Waals surface area contributed by atoms with E-state index in [9.17, 15) is 0 Å². The van der Waals surface area contributed by atoms with E-state index in [-0.39, 0.29) is 0 Å². The van der Waals surface area contributed by atoms with Crippen LogP contribution in [0.4, 0.5) is 11.4 Å². The third-order valence-corrected chi connectivity index (χ3v) is 2.07. The van der Waals surface area contributed by atoms with E-state index in [1.165, 1.54) is 0 Å². The molecule has 2 aromatic carbocycles. The highest BCUT2D eigenvalue weighted by Crippen LogP contribution is 2.28. The summed E-state index contributed by atoms with van der Waals surface area (Å²) in [6.45, 7) is 0. The number of nitrogens with one attached hydrogen (secondary N) is 1. The average molecular weight is 174 g/mol. The van der Waals surface area contributed by atoms with Gasteiger partial charge in [0.2, 0.25) is 0 Å². The fourth-order valence-corrected chi connectivity index (χ4v) is 1.41. The lowest BCUT2D eigenvalue weighted by atomic mass is 10.1. The van der Waals surface area contributed by atoms with Crippen LogP contribution in [0, 0.1) is 0 Å². The summed E-state index contributed by atoms with van der Waals surface area (Å²) in [6.07, 6.45) is 0. The number of hydrogen-bond acceptors (Lipinski definition) is 3. The van der Waals surface area contributed by atoms with E-state index in [0.717, 1.165) is 10.8 Å². The molecule has 0 amide bonds. The SMILES string of the molecule is Nc1ccc2ccccc2c1NO. The lowest BCUT2D eigenvalue weighted by molar-refractivity contribution is 0.390. The van der Waals surface area contributed by atoms with Crippen molar-refractivity contribution in [1.82, 2.24) is 0 Å². The second kappa shape index (κ2) is 2.95. The zero-order valence-electron chi connectivity index (χ0n) is 6.99. The molecule has 0 aliphatic heterocycles. The van der Waals surface area contributed by atoms with Crippen molar-refractivity contribution in [2.75, 3.05) is 11.2 Å². The van der Waals surface area contributed by atoms with Gasteiger partial charge in [-0.15, -0.1) is 0 Å². The Bertz CT molecular complexity index is 440. The van der Waals surface area contributed by atoms with Gasteiger partial charge in [-0.1, -0.05) is 30.3 Å². The molecule has 0 atom stereocenters. The van der Waals surface area contributed by atoms with Crippen LogP contribution in [0.3, 0.4) is 0 Å². The Morgan fingerprint density at radius 1 is 1.08 bits per heavy atom. The molecule has 0 spiro atoms. The number of rotatable bonds is 1. The number of benzene rings is 2. The number of nitrogens with two attached hydrogens (primary N) is 1. The van der Waals surface area contributed by atoms with Gasteiger partial charge in [-0.05, 0) is 11.5 Å². The van der Waals surface area contributed by atoms with Crippen LogP contribution in [0.15, 0.2) is 36.4 Å². The Labute approximate surface area is 75.8 Å². The summed E-state index contributed by atoms with van der Waals surface area (Å²) in [5.41, 5.74) is 8.90. The van der Waals surface area contributed by atoms with Crippen molar-refractivity contribution in [2.24, 2.45) is 0 Å². The first kappa shape index (κ1) is 7.89. The first-order valence-corrected chi connectivity index (χ1v) is 4.00. The number of hydrogen-bond donors (Lipinski definition) is 3. The highest BCUT2D eigenvalue weighted by Gasteiger charge is 2.02. The van der Waals surface area contributed by atoms with Gasteiger partial charge in [-0.3, -0.25) is 10.7 Å². The standard InChI is InChI=1S/C10H10N2O/c11-9-6-5-7-3-1-2-4-8(7)10(9)12-13/h1-6,12-13H,11H2. The van der Waals surface area contributed by atoms with E-state index in [0.29, 0.717) is 11.4 Å². The Balaban J connectivity index is 2.84. The highest BCUT2D eigenvalue weighted by molar-refractivity contribution is 5.99. The average Bonchev–Trinajstić information content (AvgIpc) is 2.18. The molecule has 0 heterocycles. The van der Waals surface area contributed by atoms with Gasteiger partial charge in [0.25, 0.3) is 0 Å². The van der Waals surface area contributed by atoms with Gasteiger partial charge < -0.3 is 5.73 Å². The molecule has 3 nitrogen and oxygen atoms in total. The van der Waals surface area contributed by atoms with Crippen LogP contribution in [-0.4, -0.2) is 5.21 Å². The minimum atomic E-state index is 0.543. The third kappa shape index (κ3) is 1.19. The summed E-state index contributed by atoms with van der Waals surface area (Å²) in [6, 6.07) is 11.4. The second-order valence-electron chi connectivity index (χ2n) is 2.86. The zero-order valence-corrected chi connectivity index (χ0v) is 6.99. The number of fused-ring (bicyclic) bond motifs is 1. The summed E-state index contributed by atoms with van der Waals surface area (Å²) < 4.78 is 0. The van der Waals surface area contributed by atoms with Crippen LogP contribution in [0.5, 0.6) is 0 Å². The molecule has 3 heteroatoms. The normalized spacial score (nSPS) is 10.2. The fraction of sp³-hybridized carbons (Fsp3) is 0. The van der Waals surface area contributed by atoms with Crippen LogP contribution < -0.4 is 11.2 Å². The minimum absolute atomic E-state index is 0.543. The Morgan fingerprint density at radius 3 is 2.62 bits per heavy atom. The Hall–Kier alpha value is -1.74. The molecule has 0 aromatic heterocycles. The molecule has 0 saturated carbocycles. The molecule has 2 rings (SSSR count). The number of anilines is 2. The monoisotopic (exact) mass is 174 g/mol. The van der Waals surface area contributed by atoms with E-state index < -0.39 is 0 Å². The van der Waals surface area contributed by atoms with Gasteiger partial charge in [0.05, 0.1) is 11.4 Å². The predicted molar refractivity (Wildman–Crippen MR) is 53.8 cm³/mol. The topological polar surface area (TPSA) is 58.3 Å². The molecule has 0 unspecified atom stereocenters. The van der Waals surface area contributed by atoms with Gasteiger partial charge in [0.1, 0.15) is 0 Å². The van der Waals surface area contributed by atoms with Crippen molar-refractivity contribution < 1.29 is 5.21 Å². The summed E-state index contributed by atoms with van der Waals surface area (Å²) in [4.78, 5) is 0. The summed E-state index contributed by atoms with van der Waals surface area (Å²) in [5.74, 6) is 0. The quantitative estimate of drug-likeness (QED) is 0.459. The second-order valence-corrected chi connectivity index (χ2v) is 2.86. The first-order valence-electron chi connectivity index (χ1n) is 4.00. The Kier molecular flexibility index (Phi) is 1.79. The van der Waals surface area contributed by atoms with Crippen molar-refractivity contribution in [3.63, 3.8) is 0 Å². The van der Waals surface area contributed by atoms with Gasteiger partial charge in [-0.25, -0.2) is 0 Å². The molecule has 0 fully saturated rings. The summed E-state index contributed by atoms with van der Waals surface area (Å²) >= 11 is 0. The van der Waals surface area contributed by atoms with E-state index in [1.807, 2.05) is 30.3 Å². The van der Waals surface area contributed by atoms with E-state index in [2.05, 4.69) is 5.48 Å². The minimum Gasteiger partial charge on any atom is -0.397 e. The molecule has 0 bridgehead atoms. The van der Waals surface area contributed by atoms with Crippen LogP contribution >= 0.6 is 0 Å². The third-order valence-electron chi connectivity index (χ3n) is 2.07. The maximum atomic E-state index is 8.89. The van der Waals surface area contributed by atoms with Gasteiger partial charge in [0, 0.05) is 5.39 Å². The summed E-state index contributed by atoms with van der Waals surface area (Å²) in [7, 11) is 0. The molecule has 0 aliphatic carbocycles. The van der Waals surface area contributed by atoms with E-state index in [1.54, 1.807) is 6.07 Å². The molecular formula is C10H10N2O. The first-order chi connectivity index (χ1) is 6.33. The van der Waals surface area contributed by atoms with Gasteiger partial charge in [-0.2, -0.15) is 0 Å². The van der Waals surface area contributed by atoms with Crippen molar-refractivity contribution in [3.05, 3.63) is 36.4 Å². The van der Waals surface area contributed by atoms with Crippen molar-refractivity contribution in [2.45, 2.75) is 0 Å². The Morgan fingerprint density at radius 2 is 1.85 bits per heavy atom. The predicted octanol–water partition coefficient (Wildman–Crippen LogP) is 2.22. The van der Waals surface area contributed by atoms with E-state index >= 15 is 0 Å². The van der Waals surface area contributed by atoms with E-state index in [4.69, 9.17) is 10.9 Å². The fourth-order valence-electron chi connectivity index (χ4n) is 1.41. The zero-order chi connectivity index (χ0) is 9.26. The lowest BCUT2D eigenvalue weighted by Crippen LogP contribution is -1.96. The van der Waals surface area contributed by atoms with Crippen LogP contribution in [0.1, 0.15) is 0 Å². The lowest BCUT2D eigenvalue weighted by Gasteiger charge is -2.07. The largest absolute Gasteiger partial charge is 0.397 e. The molecule has 66 valence electrons. The molecule has 0 aliphatic rings. The van der Waals surface area contributed by atoms with Crippen LogP contribution in [-0.2, 0) is 0 Å². The molecule has 0 saturated heterocycles. The van der Waals surface area contributed by atoms with Crippen molar-refractivity contribution in [1.29, 1.82) is 0 Å². The van der Waals surface area contributed by atoms with Crippen LogP contribution in [0.2, 0.25) is 0 Å². The summed E-state index contributed by atoms with van der Waals surface area (Å²) in [5, 5.41) is 10.9. The van der Waals surface area contributed by atoms with Gasteiger partial charge in [0.15, 0.2) is 0 Å². The number of nitrogen functional groups attached to an aromatic ring is 1. The van der Waals surface area contributed by atoms with Crippen molar-refractivity contribution in [3.8, 4) is 0 Å². The van der Waals surface area contributed by atoms with Gasteiger partial charge >= 0.3 is 0 Å². The molecule has 13 heavy (non-hydrogen) atoms. The molecular weight excluding hydrogens is 164 g/mol.